The first kappa shape index (κ1) is 23.6. The van der Waals surface area contributed by atoms with Crippen molar-refractivity contribution in [1.82, 2.24) is 5.32 Å². The van der Waals surface area contributed by atoms with Gasteiger partial charge >= 0.3 is 0 Å². The third kappa shape index (κ3) is 5.17. The third-order valence-electron chi connectivity index (χ3n) is 5.60. The topological polar surface area (TPSA) is 67.9 Å². The number of anilines is 1. The van der Waals surface area contributed by atoms with Crippen molar-refractivity contribution in [3.8, 4) is 11.5 Å². The largest absolute Gasteiger partial charge is 0.493 e. The lowest BCUT2D eigenvalue weighted by Crippen LogP contribution is -2.35. The van der Waals surface area contributed by atoms with Crippen molar-refractivity contribution in [2.45, 2.75) is 17.9 Å². The summed E-state index contributed by atoms with van der Waals surface area (Å²) in [6.07, 6.45) is 0.616. The highest BCUT2D eigenvalue weighted by Crippen LogP contribution is 2.37. The summed E-state index contributed by atoms with van der Waals surface area (Å²) < 4.78 is 24.8. The molecule has 2 amide bonds. The zero-order valence-electron chi connectivity index (χ0n) is 19.0. The van der Waals surface area contributed by atoms with Crippen LogP contribution in [0.2, 0.25) is 0 Å². The second-order valence-electron chi connectivity index (χ2n) is 7.74. The second-order valence-corrected chi connectivity index (χ2v) is 8.75. The number of hydrogen-bond donors (Lipinski definition) is 1. The van der Waals surface area contributed by atoms with E-state index in [1.807, 2.05) is 24.3 Å². The predicted molar refractivity (Wildman–Crippen MR) is 130 cm³/mol. The summed E-state index contributed by atoms with van der Waals surface area (Å²) in [6.45, 7) is 0.543. The van der Waals surface area contributed by atoms with Crippen molar-refractivity contribution in [2.24, 2.45) is 0 Å². The van der Waals surface area contributed by atoms with Crippen molar-refractivity contribution < 1.29 is 23.5 Å². The highest BCUT2D eigenvalue weighted by molar-refractivity contribution is 8.00. The lowest BCUT2D eigenvalue weighted by molar-refractivity contribution is -0.116. The highest BCUT2D eigenvalue weighted by Gasteiger charge is 2.26. The van der Waals surface area contributed by atoms with Gasteiger partial charge in [0.25, 0.3) is 5.91 Å². The summed E-state index contributed by atoms with van der Waals surface area (Å²) in [6, 6.07) is 17.3. The van der Waals surface area contributed by atoms with E-state index in [2.05, 4.69) is 5.32 Å². The summed E-state index contributed by atoms with van der Waals surface area (Å²) >= 11 is 1.42. The average Bonchev–Trinajstić information content (AvgIpc) is 2.86. The third-order valence-corrected chi connectivity index (χ3v) is 6.65. The van der Waals surface area contributed by atoms with E-state index < -0.39 is 0 Å². The highest BCUT2D eigenvalue weighted by atomic mass is 32.2. The zero-order valence-corrected chi connectivity index (χ0v) is 19.8. The number of carbonyl (C=O) groups excluding carboxylic acids is 2. The van der Waals surface area contributed by atoms with Crippen LogP contribution in [0.5, 0.6) is 11.5 Å². The summed E-state index contributed by atoms with van der Waals surface area (Å²) in [5.74, 6) is 0.844. The fourth-order valence-electron chi connectivity index (χ4n) is 3.77. The lowest BCUT2D eigenvalue weighted by Gasteiger charge is -2.29. The molecule has 4 rings (SSSR count). The Morgan fingerprint density at radius 2 is 1.85 bits per heavy atom. The Morgan fingerprint density at radius 3 is 2.62 bits per heavy atom. The number of thioether (sulfide) groups is 1. The summed E-state index contributed by atoms with van der Waals surface area (Å²) in [7, 11) is 3.16. The molecule has 0 spiro atoms. The molecule has 3 aromatic carbocycles. The number of nitrogens with zero attached hydrogens (tertiary/aromatic N) is 1. The van der Waals surface area contributed by atoms with E-state index in [1.54, 1.807) is 49.5 Å². The summed E-state index contributed by atoms with van der Waals surface area (Å²) in [5.41, 5.74) is 2.50. The van der Waals surface area contributed by atoms with E-state index in [0.29, 0.717) is 41.3 Å². The van der Waals surface area contributed by atoms with E-state index in [0.717, 1.165) is 10.5 Å². The molecule has 34 heavy (non-hydrogen) atoms. The fourth-order valence-corrected chi connectivity index (χ4v) is 4.69. The first-order valence-electron chi connectivity index (χ1n) is 10.8. The second kappa shape index (κ2) is 10.6. The van der Waals surface area contributed by atoms with Gasteiger partial charge in [0.2, 0.25) is 5.91 Å². The van der Waals surface area contributed by atoms with Gasteiger partial charge in [-0.15, -0.1) is 11.8 Å². The Hall–Kier alpha value is -3.52. The van der Waals surface area contributed by atoms with E-state index in [1.165, 1.54) is 17.8 Å². The van der Waals surface area contributed by atoms with Crippen LogP contribution in [0.15, 0.2) is 65.6 Å². The standard InChI is InChI=1S/C26H25FN2O4S/c1-32-22-9-7-17(13-23(22)33-2)11-12-28-26(31)18-8-10-24-21(14-18)29(25(30)16-34-24)15-19-5-3-4-6-20(19)27/h3-10,13-14H,11-12,15-16H2,1-2H3,(H,28,31). The van der Waals surface area contributed by atoms with Crippen molar-refractivity contribution in [1.29, 1.82) is 0 Å². The van der Waals surface area contributed by atoms with Crippen LogP contribution in [-0.4, -0.2) is 38.3 Å². The number of methoxy groups -OCH3 is 2. The number of halogens is 1. The molecule has 0 fully saturated rings. The molecule has 1 heterocycles. The molecular formula is C26H25FN2O4S. The monoisotopic (exact) mass is 480 g/mol. The number of rotatable bonds is 8. The molecule has 176 valence electrons. The van der Waals surface area contributed by atoms with Crippen LogP contribution in [0.25, 0.3) is 0 Å². The van der Waals surface area contributed by atoms with Gasteiger partial charge in [-0.05, 0) is 48.4 Å². The van der Waals surface area contributed by atoms with Crippen molar-refractivity contribution in [3.05, 3.63) is 83.2 Å². The molecular weight excluding hydrogens is 455 g/mol. The number of amides is 2. The molecule has 0 aromatic heterocycles. The SMILES string of the molecule is COc1ccc(CCNC(=O)c2ccc3c(c2)N(Cc2ccccc2F)C(=O)CS3)cc1OC. The Morgan fingerprint density at radius 1 is 1.06 bits per heavy atom. The molecule has 0 saturated heterocycles. The molecule has 1 aliphatic rings. The molecule has 0 radical (unpaired) electrons. The van der Waals surface area contributed by atoms with E-state index in [9.17, 15) is 14.0 Å². The Balaban J connectivity index is 1.46. The predicted octanol–water partition coefficient (Wildman–Crippen LogP) is 4.45. The molecule has 1 N–H and O–H groups in total. The Kier molecular flexibility index (Phi) is 7.37. The van der Waals surface area contributed by atoms with Crippen LogP contribution in [0.4, 0.5) is 10.1 Å². The van der Waals surface area contributed by atoms with Gasteiger partial charge in [0.1, 0.15) is 5.82 Å². The van der Waals surface area contributed by atoms with E-state index >= 15 is 0 Å². The molecule has 1 aliphatic heterocycles. The first-order valence-corrected chi connectivity index (χ1v) is 11.8. The number of benzene rings is 3. The summed E-state index contributed by atoms with van der Waals surface area (Å²) in [5, 5.41) is 2.92. The van der Waals surface area contributed by atoms with Gasteiger partial charge in [0.15, 0.2) is 11.5 Å². The summed E-state index contributed by atoms with van der Waals surface area (Å²) in [4.78, 5) is 27.9. The molecule has 0 saturated carbocycles. The van der Waals surface area contributed by atoms with Gasteiger partial charge < -0.3 is 19.7 Å². The lowest BCUT2D eigenvalue weighted by atomic mass is 10.1. The van der Waals surface area contributed by atoms with Gasteiger partial charge in [-0.3, -0.25) is 9.59 Å². The molecule has 0 atom stereocenters. The quantitative estimate of drug-likeness (QED) is 0.516. The number of nitrogens with one attached hydrogen (secondary N) is 1. The van der Waals surface area contributed by atoms with Gasteiger partial charge in [0, 0.05) is 22.6 Å². The van der Waals surface area contributed by atoms with E-state index in [-0.39, 0.29) is 29.9 Å². The maximum absolute atomic E-state index is 14.2. The maximum atomic E-state index is 14.2. The van der Waals surface area contributed by atoms with Crippen LogP contribution in [-0.2, 0) is 17.8 Å². The Labute approximate surface area is 202 Å². The first-order chi connectivity index (χ1) is 16.5. The Bertz CT molecular complexity index is 1220. The number of fused-ring (bicyclic) bond motifs is 1. The van der Waals surface area contributed by atoms with Gasteiger partial charge in [0.05, 0.1) is 32.2 Å². The van der Waals surface area contributed by atoms with Crippen molar-refractivity contribution in [3.63, 3.8) is 0 Å². The van der Waals surface area contributed by atoms with Gasteiger partial charge in [-0.25, -0.2) is 4.39 Å². The minimum atomic E-state index is -0.362. The van der Waals surface area contributed by atoms with Crippen LogP contribution in [0.1, 0.15) is 21.5 Å². The molecule has 0 aliphatic carbocycles. The van der Waals surface area contributed by atoms with Crippen LogP contribution >= 0.6 is 11.8 Å². The minimum absolute atomic E-state index is 0.115. The molecule has 8 heteroatoms. The maximum Gasteiger partial charge on any atom is 0.251 e. The van der Waals surface area contributed by atoms with Crippen LogP contribution in [0.3, 0.4) is 0 Å². The van der Waals surface area contributed by atoms with Gasteiger partial charge in [-0.1, -0.05) is 24.3 Å². The normalized spacial score (nSPS) is 12.8. The van der Waals surface area contributed by atoms with Crippen molar-refractivity contribution >= 4 is 29.3 Å². The molecule has 3 aromatic rings. The van der Waals surface area contributed by atoms with E-state index in [4.69, 9.17) is 9.47 Å². The average molecular weight is 481 g/mol. The minimum Gasteiger partial charge on any atom is -0.493 e. The smallest absolute Gasteiger partial charge is 0.251 e. The van der Waals surface area contributed by atoms with Crippen LogP contribution in [0, 0.1) is 5.82 Å². The number of hydrogen-bond acceptors (Lipinski definition) is 5. The zero-order chi connectivity index (χ0) is 24.1. The molecule has 0 bridgehead atoms. The molecule has 0 unspecified atom stereocenters. The molecule has 6 nitrogen and oxygen atoms in total. The van der Waals surface area contributed by atoms with Crippen LogP contribution < -0.4 is 19.7 Å². The van der Waals surface area contributed by atoms with Crippen molar-refractivity contribution in [2.75, 3.05) is 31.4 Å². The van der Waals surface area contributed by atoms with Gasteiger partial charge in [-0.2, -0.15) is 0 Å². The number of carbonyl (C=O) groups is 2. The number of ether oxygens (including phenoxy) is 2. The fraction of sp³-hybridized carbons (Fsp3) is 0.231.